The van der Waals surface area contributed by atoms with E-state index in [0.717, 1.165) is 16.7 Å². The fourth-order valence-electron chi connectivity index (χ4n) is 11.3. The molecule has 0 saturated heterocycles. The van der Waals surface area contributed by atoms with E-state index in [9.17, 15) is 45.5 Å². The van der Waals surface area contributed by atoms with Crippen molar-refractivity contribution in [2.45, 2.75) is 114 Å². The number of pyridine rings is 6. The number of halogens is 11. The average Bonchev–Trinajstić information content (AvgIpc) is 1.60. The predicted octanol–water partition coefficient (Wildman–Crippen LogP) is 15.2. The Morgan fingerprint density at radius 3 is 1.21 bits per heavy atom. The summed E-state index contributed by atoms with van der Waals surface area (Å²) in [6.45, 7) is 12.4. The highest BCUT2D eigenvalue weighted by Crippen LogP contribution is 2.55. The van der Waals surface area contributed by atoms with E-state index >= 15 is 0 Å². The molecule has 107 heavy (non-hydrogen) atoms. The van der Waals surface area contributed by atoms with Crippen LogP contribution in [-0.4, -0.2) is 103 Å². The standard InChI is InChI=1S/C23H18ClF2N3O4.C22H16ClF2N3O4.C17H13ClF2N2O3.C6H7BClNO3.C3H9ISi/c1-12-3-6-17(28-19(12)14-7-10-27-20(31-2)18(14)24)29-21(30)22(8-9-22)13-4-5-15-16(11-13)33-23(25,26)32-15;1-11-2-5-16(27-18(11)13-6-9-26-19(29)17(13)23)28-20(30)21(7-8-21)12-3-4-14-15(10-12)32-22(24,25)31-14;1-9-2-5-13(21-14(9)18)22-15(23)16(6-7-16)10-3-4-11-12(8-10)25-17(19,20)24-11;1-12-6-5(8)4(7(10)11)2-3-9-6;1-5(2,3)4/h3-7,10-11H,8-9H2,1-2H3,(H,28,29,30);2-6,9-10H,7-8H2,1H3,(H,26,29)(H,27,28,30);2-5,8H,6-7H2,1H3,(H,21,22,23);2-3,10-11H,1H3;1-3H3. The number of aromatic nitrogens is 6. The summed E-state index contributed by atoms with van der Waals surface area (Å²) in [6, 6.07) is 28.3. The van der Waals surface area contributed by atoms with Gasteiger partial charge in [-0.05, 0) is 165 Å². The number of amides is 3. The van der Waals surface area contributed by atoms with E-state index < -0.39 is 53.4 Å². The van der Waals surface area contributed by atoms with E-state index in [1.807, 2.05) is 26.8 Å². The Labute approximate surface area is 640 Å². The number of benzene rings is 3. The number of anilines is 3. The molecule has 9 heterocycles. The van der Waals surface area contributed by atoms with E-state index in [0.29, 0.717) is 99.5 Å². The lowest BCUT2D eigenvalue weighted by Crippen LogP contribution is -2.31. The number of aryl methyl sites for hydroxylation is 3. The van der Waals surface area contributed by atoms with Crippen molar-refractivity contribution in [2.75, 3.05) is 30.2 Å². The number of aromatic amines is 1. The van der Waals surface area contributed by atoms with Crippen LogP contribution in [0.4, 0.5) is 43.8 Å². The Balaban J connectivity index is 0.000000145. The molecule has 9 aromatic rings. The molecule has 3 amide bonds. The molecule has 0 spiro atoms. The van der Waals surface area contributed by atoms with E-state index in [1.54, 1.807) is 66.9 Å². The van der Waals surface area contributed by atoms with Crippen LogP contribution >= 0.6 is 68.2 Å². The maximum Gasteiger partial charge on any atom is 0.586 e. The van der Waals surface area contributed by atoms with Crippen molar-refractivity contribution in [3.8, 4) is 68.8 Å². The highest BCUT2D eigenvalue weighted by molar-refractivity contribution is 14.1. The van der Waals surface area contributed by atoms with Crippen molar-refractivity contribution in [3.05, 3.63) is 192 Å². The summed E-state index contributed by atoms with van der Waals surface area (Å²) in [6.07, 6.45) is -3.23. The van der Waals surface area contributed by atoms with Crippen LogP contribution in [0, 0.1) is 20.8 Å². The van der Waals surface area contributed by atoms with E-state index in [-0.39, 0.29) is 85.3 Å². The summed E-state index contributed by atoms with van der Waals surface area (Å²) < 4.78 is 116. The SMILES string of the molecule is COc1nccc(-c2nc(NC(=O)C3(c4ccc5c(c4)OC(F)(F)O5)CC3)ccc2C)c1Cl.COc1nccc(B(O)O)c1Cl.C[Si](C)(C)I.Cc1ccc(NC(=O)C2(c3ccc4c(c3)OC(F)(F)O4)CC2)nc1-c1cc[nH]c(=O)c1Cl.Cc1ccc(NC(=O)C2(c3ccc4c(c3)OC(F)(F)O4)CC2)nc1Cl. The number of hydrogen-bond acceptors (Lipinski definition) is 19. The fraction of sp³-hybridized carbons (Fsp3) is 0.282. The van der Waals surface area contributed by atoms with Crippen molar-refractivity contribution < 1.29 is 88.7 Å². The van der Waals surface area contributed by atoms with Gasteiger partial charge < -0.3 is 68.9 Å². The second-order valence-corrected chi connectivity index (χ2v) is 41.3. The largest absolute Gasteiger partial charge is 0.586 e. The smallest absolute Gasteiger partial charge is 0.480 e. The lowest BCUT2D eigenvalue weighted by molar-refractivity contribution is -0.287. The lowest BCUT2D eigenvalue weighted by Gasteiger charge is -2.17. The van der Waals surface area contributed by atoms with Gasteiger partial charge in [0.2, 0.25) is 29.5 Å². The van der Waals surface area contributed by atoms with Gasteiger partial charge >= 0.3 is 26.0 Å². The molecule has 3 aromatic carbocycles. The maximum absolute atomic E-state index is 13.4. The number of hydrogen-bond donors (Lipinski definition) is 6. The van der Waals surface area contributed by atoms with Crippen molar-refractivity contribution in [2.24, 2.45) is 0 Å². The van der Waals surface area contributed by atoms with Gasteiger partial charge in [0.25, 0.3) is 5.56 Å². The summed E-state index contributed by atoms with van der Waals surface area (Å²) >= 11 is 26.7. The Bertz CT molecular complexity index is 5020. The number of ether oxygens (including phenoxy) is 8. The average molecular weight is 1690 g/mol. The number of carbonyl (C=O) groups is 3. The van der Waals surface area contributed by atoms with Crippen LogP contribution < -0.4 is 64.9 Å². The van der Waals surface area contributed by atoms with Crippen LogP contribution in [-0.2, 0) is 30.6 Å². The van der Waals surface area contributed by atoms with E-state index in [1.165, 1.54) is 69.1 Å². The van der Waals surface area contributed by atoms with Gasteiger partial charge in [-0.2, -0.15) is 0 Å². The maximum atomic E-state index is 13.4. The first-order valence-electron chi connectivity index (χ1n) is 32.4. The molecule has 6 aromatic heterocycles. The second kappa shape index (κ2) is 30.8. The molecule has 0 unspecified atom stereocenters. The second-order valence-electron chi connectivity index (χ2n) is 26.0. The number of H-pyrrole nitrogens is 1. The van der Waals surface area contributed by atoms with Crippen LogP contribution in [0.5, 0.6) is 46.3 Å². The minimum Gasteiger partial charge on any atom is -0.480 e. The Hall–Kier alpha value is -9.16. The highest BCUT2D eigenvalue weighted by Gasteiger charge is 2.56. The van der Waals surface area contributed by atoms with E-state index in [4.69, 9.17) is 65.9 Å². The number of rotatable bonds is 14. The van der Waals surface area contributed by atoms with Crippen molar-refractivity contribution in [1.82, 2.24) is 29.9 Å². The first kappa shape index (κ1) is 78.9. The third-order valence-electron chi connectivity index (χ3n) is 17.2. The monoisotopic (exact) mass is 1690 g/mol. The Morgan fingerprint density at radius 2 is 0.850 bits per heavy atom. The molecular formula is C71H63BCl4F6IN9O14Si. The molecule has 3 aliphatic heterocycles. The van der Waals surface area contributed by atoms with Gasteiger partial charge in [0, 0.05) is 35.2 Å². The van der Waals surface area contributed by atoms with Crippen molar-refractivity contribution >= 4 is 122 Å². The number of fused-ring (bicyclic) bond motifs is 3. The van der Waals surface area contributed by atoms with Crippen LogP contribution in [0.1, 0.15) is 71.9 Å². The zero-order valence-corrected chi connectivity index (χ0v) is 63.8. The molecular weight excluding hydrogens is 1620 g/mol. The van der Waals surface area contributed by atoms with Crippen molar-refractivity contribution in [1.29, 1.82) is 0 Å². The zero-order chi connectivity index (χ0) is 77.5. The molecule has 6 aliphatic rings. The Kier molecular flexibility index (Phi) is 22.7. The first-order chi connectivity index (χ1) is 50.4. The summed E-state index contributed by atoms with van der Waals surface area (Å²) in [5.41, 5.74) is 2.87. The number of methoxy groups -OCH3 is 2. The van der Waals surface area contributed by atoms with Crippen molar-refractivity contribution in [3.63, 3.8) is 0 Å². The summed E-state index contributed by atoms with van der Waals surface area (Å²) in [7, 11) is 1.28. The number of nitrogens with one attached hydrogen (secondary N) is 4. The Morgan fingerprint density at radius 1 is 0.505 bits per heavy atom. The molecule has 6 N–H and O–H groups in total. The van der Waals surface area contributed by atoms with Crippen LogP contribution in [0.3, 0.4) is 0 Å². The summed E-state index contributed by atoms with van der Waals surface area (Å²) in [5, 5.41) is 26.8. The summed E-state index contributed by atoms with van der Waals surface area (Å²) in [5.74, 6) is 0.119. The summed E-state index contributed by atoms with van der Waals surface area (Å²) in [4.78, 5) is 74.4. The molecule has 0 atom stereocenters. The fourth-order valence-corrected chi connectivity index (χ4v) is 12.2. The molecule has 3 aliphatic carbocycles. The number of alkyl halides is 6. The lowest BCUT2D eigenvalue weighted by atomic mass is 9.81. The molecule has 0 bridgehead atoms. The third kappa shape index (κ3) is 18.0. The van der Waals surface area contributed by atoms with Gasteiger partial charge in [-0.25, -0.2) is 24.9 Å². The minimum absolute atomic E-state index is 0.00222. The molecule has 3 saturated carbocycles. The van der Waals surface area contributed by atoms with Crippen LogP contribution in [0.25, 0.3) is 22.5 Å². The molecule has 36 heteroatoms. The van der Waals surface area contributed by atoms with Gasteiger partial charge in [0.05, 0.1) is 41.9 Å². The zero-order valence-electron chi connectivity index (χ0n) is 57.6. The van der Waals surface area contributed by atoms with Gasteiger partial charge in [0.15, 0.2) is 34.5 Å². The predicted molar refractivity (Wildman–Crippen MR) is 397 cm³/mol. The molecule has 23 nitrogen and oxygen atoms in total. The normalized spacial score (nSPS) is 16.3. The minimum atomic E-state index is -3.72. The van der Waals surface area contributed by atoms with Crippen LogP contribution in [0.15, 0.2) is 133 Å². The topological polar surface area (TPSA) is 299 Å². The van der Waals surface area contributed by atoms with Gasteiger partial charge in [-0.3, -0.25) is 19.2 Å². The van der Waals surface area contributed by atoms with E-state index in [2.05, 4.69) is 116 Å². The number of carbonyl (C=O) groups excluding carboxylic acids is 3. The van der Waals surface area contributed by atoms with Crippen LogP contribution in [0.2, 0.25) is 39.9 Å². The first-order valence-corrected chi connectivity index (χ1v) is 40.5. The molecule has 0 radical (unpaired) electrons. The molecule has 15 rings (SSSR count). The molecule has 560 valence electrons. The van der Waals surface area contributed by atoms with Gasteiger partial charge in [0.1, 0.15) is 43.2 Å². The number of nitrogens with zero attached hydrogens (tertiary/aromatic N) is 5. The quantitative estimate of drug-likeness (QED) is 0.0194. The van der Waals surface area contributed by atoms with Gasteiger partial charge in [-0.1, -0.05) is 102 Å². The highest BCUT2D eigenvalue weighted by atomic mass is 127. The molecule has 3 fully saturated rings. The van der Waals surface area contributed by atoms with Gasteiger partial charge in [-0.15, -0.1) is 48.1 Å². The third-order valence-corrected chi connectivity index (χ3v) is 18.7.